The van der Waals surface area contributed by atoms with E-state index in [0.29, 0.717) is 23.8 Å². The molecule has 1 spiro atoms. The van der Waals surface area contributed by atoms with E-state index < -0.39 is 0 Å². The van der Waals surface area contributed by atoms with Crippen molar-refractivity contribution in [1.82, 2.24) is 15.5 Å². The van der Waals surface area contributed by atoms with Crippen LogP contribution in [0, 0.1) is 17.2 Å². The number of carbonyl (C=O) groups excluding carboxylic acids is 1. The Bertz CT molecular complexity index is 648. The molecule has 5 nitrogen and oxygen atoms in total. The molecule has 164 valence electrons. The number of hydrogen-bond acceptors (Lipinski definition) is 4. The molecule has 0 bridgehead atoms. The summed E-state index contributed by atoms with van der Waals surface area (Å²) in [6, 6.07) is 6.45. The minimum Gasteiger partial charge on any atom is -0.492 e. The maximum atomic E-state index is 12.9. The summed E-state index contributed by atoms with van der Waals surface area (Å²) < 4.78 is 18.6. The van der Waals surface area contributed by atoms with Gasteiger partial charge < -0.3 is 15.4 Å². The number of nitrogens with zero attached hydrogens (tertiary/aromatic N) is 1. The Balaban J connectivity index is 0.00000150. The van der Waals surface area contributed by atoms with E-state index in [1.165, 1.54) is 12.1 Å². The number of nitrogens with one attached hydrogen (secondary N) is 2. The monoisotopic (exact) mass is 447 g/mol. The van der Waals surface area contributed by atoms with E-state index in [-0.39, 0.29) is 42.5 Å². The van der Waals surface area contributed by atoms with E-state index in [4.69, 9.17) is 4.74 Å². The first-order chi connectivity index (χ1) is 13.1. The molecule has 3 aliphatic rings. The van der Waals surface area contributed by atoms with Gasteiger partial charge in [-0.25, -0.2) is 4.39 Å². The van der Waals surface area contributed by atoms with Gasteiger partial charge in [-0.2, -0.15) is 0 Å². The number of halogens is 3. The number of benzene rings is 1. The lowest BCUT2D eigenvalue weighted by atomic mass is 9.91. The minimum absolute atomic E-state index is 0. The molecule has 1 unspecified atom stereocenters. The first-order valence-electron chi connectivity index (χ1n) is 10.3. The zero-order valence-corrected chi connectivity index (χ0v) is 18.3. The SMILES string of the molecule is Cl.Cl.O=C(NC1CCN(CCOc2ccc(F)cc2)CC1)C1CC12CCNCC2. The molecule has 4 rings (SSSR count). The number of ether oxygens (including phenoxy) is 1. The number of amides is 1. The average molecular weight is 448 g/mol. The Morgan fingerprint density at radius 3 is 2.48 bits per heavy atom. The van der Waals surface area contributed by atoms with Gasteiger partial charge in [-0.15, -0.1) is 24.8 Å². The summed E-state index contributed by atoms with van der Waals surface area (Å²) in [7, 11) is 0. The van der Waals surface area contributed by atoms with Gasteiger partial charge in [0.1, 0.15) is 18.2 Å². The van der Waals surface area contributed by atoms with Crippen molar-refractivity contribution in [2.45, 2.75) is 38.1 Å². The van der Waals surface area contributed by atoms with Gasteiger partial charge in [-0.1, -0.05) is 0 Å². The first-order valence-corrected chi connectivity index (χ1v) is 10.3. The van der Waals surface area contributed by atoms with Crippen LogP contribution in [-0.4, -0.2) is 56.2 Å². The predicted molar refractivity (Wildman–Crippen MR) is 117 cm³/mol. The highest BCUT2D eigenvalue weighted by Crippen LogP contribution is 2.58. The van der Waals surface area contributed by atoms with Crippen molar-refractivity contribution in [3.05, 3.63) is 30.1 Å². The second kappa shape index (κ2) is 10.8. The van der Waals surface area contributed by atoms with Crippen molar-refractivity contribution in [2.75, 3.05) is 39.3 Å². The van der Waals surface area contributed by atoms with Crippen molar-refractivity contribution in [1.29, 1.82) is 0 Å². The van der Waals surface area contributed by atoms with Crippen LogP contribution in [0.25, 0.3) is 0 Å². The third-order valence-corrected chi connectivity index (χ3v) is 6.53. The van der Waals surface area contributed by atoms with Crippen molar-refractivity contribution < 1.29 is 13.9 Å². The zero-order chi connectivity index (χ0) is 18.7. The van der Waals surface area contributed by atoms with Crippen molar-refractivity contribution in [3.63, 3.8) is 0 Å². The Hall–Kier alpha value is -1.08. The molecule has 0 radical (unpaired) electrons. The lowest BCUT2D eigenvalue weighted by molar-refractivity contribution is -0.124. The number of likely N-dealkylation sites (tertiary alicyclic amines) is 1. The van der Waals surface area contributed by atoms with E-state index >= 15 is 0 Å². The Kier molecular flexibility index (Phi) is 9.01. The molecular weight excluding hydrogens is 416 g/mol. The predicted octanol–water partition coefficient (Wildman–Crippen LogP) is 3.02. The molecule has 0 aromatic heterocycles. The molecule has 1 saturated carbocycles. The molecule has 1 amide bonds. The van der Waals surface area contributed by atoms with Crippen LogP contribution in [0.4, 0.5) is 4.39 Å². The summed E-state index contributed by atoms with van der Waals surface area (Å²) >= 11 is 0. The standard InChI is InChI=1S/C21H30FN3O2.2ClH/c22-16-1-3-18(4-2-16)27-14-13-25-11-5-17(6-12-25)24-20(26)19-15-21(19)7-9-23-10-8-21;;/h1-4,17,19,23H,5-15H2,(H,24,26);2*1H. The fourth-order valence-corrected chi connectivity index (χ4v) is 4.62. The van der Waals surface area contributed by atoms with Crippen LogP contribution in [0.2, 0.25) is 0 Å². The van der Waals surface area contributed by atoms with Gasteiger partial charge in [0.2, 0.25) is 5.91 Å². The van der Waals surface area contributed by atoms with Gasteiger partial charge in [0.15, 0.2) is 0 Å². The fraction of sp³-hybridized carbons (Fsp3) is 0.667. The lowest BCUT2D eigenvalue weighted by Gasteiger charge is -2.32. The third-order valence-electron chi connectivity index (χ3n) is 6.53. The summed E-state index contributed by atoms with van der Waals surface area (Å²) in [5.74, 6) is 0.996. The zero-order valence-electron chi connectivity index (χ0n) is 16.7. The van der Waals surface area contributed by atoms with E-state index in [9.17, 15) is 9.18 Å². The summed E-state index contributed by atoms with van der Waals surface area (Å²) in [5, 5.41) is 6.70. The molecule has 1 aliphatic carbocycles. The number of rotatable bonds is 6. The second-order valence-corrected chi connectivity index (χ2v) is 8.30. The first kappa shape index (κ1) is 24.2. The van der Waals surface area contributed by atoms with E-state index in [2.05, 4.69) is 15.5 Å². The number of carbonyl (C=O) groups is 1. The molecule has 29 heavy (non-hydrogen) atoms. The molecule has 1 aromatic rings. The Morgan fingerprint density at radius 1 is 1.17 bits per heavy atom. The van der Waals surface area contributed by atoms with Gasteiger partial charge in [-0.3, -0.25) is 9.69 Å². The minimum atomic E-state index is -0.247. The Labute approximate surface area is 184 Å². The van der Waals surface area contributed by atoms with E-state index in [1.54, 1.807) is 12.1 Å². The summed E-state index contributed by atoms with van der Waals surface area (Å²) in [6.07, 6.45) is 5.39. The van der Waals surface area contributed by atoms with Gasteiger partial charge in [0.25, 0.3) is 0 Å². The summed E-state index contributed by atoms with van der Waals surface area (Å²) in [4.78, 5) is 15.0. The molecule has 2 heterocycles. The molecule has 2 N–H and O–H groups in total. The lowest BCUT2D eigenvalue weighted by Crippen LogP contribution is -2.46. The van der Waals surface area contributed by atoms with Crippen molar-refractivity contribution in [2.24, 2.45) is 11.3 Å². The van der Waals surface area contributed by atoms with Crippen molar-refractivity contribution >= 4 is 30.7 Å². The normalized spacial score (nSPS) is 23.6. The van der Waals surface area contributed by atoms with Gasteiger partial charge >= 0.3 is 0 Å². The quantitative estimate of drug-likeness (QED) is 0.703. The van der Waals surface area contributed by atoms with Crippen LogP contribution in [0.1, 0.15) is 32.1 Å². The van der Waals surface area contributed by atoms with Crippen LogP contribution >= 0.6 is 24.8 Å². The number of piperidine rings is 2. The molecule has 1 atom stereocenters. The highest BCUT2D eigenvalue weighted by atomic mass is 35.5. The second-order valence-electron chi connectivity index (χ2n) is 8.30. The molecule has 1 aromatic carbocycles. The van der Waals surface area contributed by atoms with E-state index in [1.807, 2.05) is 0 Å². The topological polar surface area (TPSA) is 53.6 Å². The van der Waals surface area contributed by atoms with Gasteiger partial charge in [-0.05, 0) is 74.9 Å². The van der Waals surface area contributed by atoms with Crippen LogP contribution < -0.4 is 15.4 Å². The largest absolute Gasteiger partial charge is 0.492 e. The summed E-state index contributed by atoms with van der Waals surface area (Å²) in [6.45, 7) is 5.54. The highest BCUT2D eigenvalue weighted by Gasteiger charge is 2.57. The number of hydrogen-bond donors (Lipinski definition) is 2. The maximum absolute atomic E-state index is 12.9. The van der Waals surface area contributed by atoms with Crippen LogP contribution in [-0.2, 0) is 4.79 Å². The molecule has 2 saturated heterocycles. The van der Waals surface area contributed by atoms with E-state index in [0.717, 1.165) is 64.8 Å². The smallest absolute Gasteiger partial charge is 0.223 e. The average Bonchev–Trinajstić information content (AvgIpc) is 3.38. The van der Waals surface area contributed by atoms with Crippen LogP contribution in [0.3, 0.4) is 0 Å². The molecule has 2 aliphatic heterocycles. The Morgan fingerprint density at radius 2 is 1.83 bits per heavy atom. The van der Waals surface area contributed by atoms with Crippen LogP contribution in [0.5, 0.6) is 5.75 Å². The fourth-order valence-electron chi connectivity index (χ4n) is 4.62. The third kappa shape index (κ3) is 6.20. The highest BCUT2D eigenvalue weighted by molar-refractivity contribution is 5.85. The van der Waals surface area contributed by atoms with Crippen LogP contribution in [0.15, 0.2) is 24.3 Å². The summed E-state index contributed by atoms with van der Waals surface area (Å²) in [5.41, 5.74) is 0.313. The molecule has 8 heteroatoms. The maximum Gasteiger partial charge on any atom is 0.223 e. The van der Waals surface area contributed by atoms with Gasteiger partial charge in [0.05, 0.1) is 0 Å². The molecule has 3 fully saturated rings. The van der Waals surface area contributed by atoms with Crippen molar-refractivity contribution in [3.8, 4) is 5.75 Å². The molecular formula is C21H32Cl2FN3O2. The van der Waals surface area contributed by atoms with Gasteiger partial charge in [0, 0.05) is 31.6 Å².